The monoisotopic (exact) mass is 265 g/mol. The molecule has 2 unspecified atom stereocenters. The summed E-state index contributed by atoms with van der Waals surface area (Å²) >= 11 is 0. The van der Waals surface area contributed by atoms with E-state index in [9.17, 15) is 0 Å². The van der Waals surface area contributed by atoms with Crippen molar-refractivity contribution in [1.29, 1.82) is 0 Å². The van der Waals surface area contributed by atoms with Crippen molar-refractivity contribution in [2.75, 3.05) is 0 Å². The predicted octanol–water partition coefficient (Wildman–Crippen LogP) is 4.88. The van der Waals surface area contributed by atoms with E-state index >= 15 is 0 Å². The average molecular weight is 265 g/mol. The Labute approximate surface area is 122 Å². The van der Waals surface area contributed by atoms with Crippen LogP contribution < -0.4 is 5.32 Å². The van der Waals surface area contributed by atoms with Gasteiger partial charge in [-0.3, -0.25) is 0 Å². The molecule has 0 spiro atoms. The molecule has 2 aromatic carbocycles. The fourth-order valence-corrected chi connectivity index (χ4v) is 3.31. The van der Waals surface area contributed by atoms with Gasteiger partial charge in [0.1, 0.15) is 0 Å². The Morgan fingerprint density at radius 2 is 1.40 bits per heavy atom. The topological polar surface area (TPSA) is 12.0 Å². The van der Waals surface area contributed by atoms with Crippen molar-refractivity contribution in [3.05, 3.63) is 71.8 Å². The third-order valence-electron chi connectivity index (χ3n) is 4.56. The highest BCUT2D eigenvalue weighted by Crippen LogP contribution is 2.44. The first-order valence-corrected chi connectivity index (χ1v) is 7.53. The number of hydrogen-bond donors (Lipinski definition) is 1. The Balaban J connectivity index is 1.87. The minimum Gasteiger partial charge on any atom is -0.303 e. The van der Waals surface area contributed by atoms with E-state index in [2.05, 4.69) is 79.8 Å². The van der Waals surface area contributed by atoms with Crippen molar-refractivity contribution < 1.29 is 0 Å². The van der Waals surface area contributed by atoms with E-state index in [-0.39, 0.29) is 0 Å². The zero-order chi connectivity index (χ0) is 14.0. The SMILES string of the molecule is CC1(C)CCC(c2ccccc2)NC1c1ccccc1. The summed E-state index contributed by atoms with van der Waals surface area (Å²) in [5.41, 5.74) is 3.11. The van der Waals surface area contributed by atoms with Gasteiger partial charge >= 0.3 is 0 Å². The molecular weight excluding hydrogens is 242 g/mol. The number of benzene rings is 2. The molecule has 1 aliphatic heterocycles. The molecule has 1 nitrogen and oxygen atoms in total. The molecule has 0 aromatic heterocycles. The van der Waals surface area contributed by atoms with Gasteiger partial charge in [0, 0.05) is 12.1 Å². The smallest absolute Gasteiger partial charge is 0.0377 e. The summed E-state index contributed by atoms with van der Waals surface area (Å²) in [5, 5.41) is 3.88. The Kier molecular flexibility index (Phi) is 3.62. The third kappa shape index (κ3) is 2.64. The lowest BCUT2D eigenvalue weighted by Crippen LogP contribution is -2.41. The molecule has 1 heteroatoms. The average Bonchev–Trinajstić information content (AvgIpc) is 2.49. The minimum absolute atomic E-state index is 0.298. The summed E-state index contributed by atoms with van der Waals surface area (Å²) in [4.78, 5) is 0. The second kappa shape index (κ2) is 5.41. The van der Waals surface area contributed by atoms with E-state index in [4.69, 9.17) is 0 Å². The molecule has 104 valence electrons. The molecule has 1 saturated heterocycles. The van der Waals surface area contributed by atoms with Gasteiger partial charge in [-0.15, -0.1) is 0 Å². The highest BCUT2D eigenvalue weighted by Gasteiger charge is 2.37. The third-order valence-corrected chi connectivity index (χ3v) is 4.56. The lowest BCUT2D eigenvalue weighted by molar-refractivity contribution is 0.146. The Hall–Kier alpha value is -1.60. The molecule has 0 saturated carbocycles. The summed E-state index contributed by atoms with van der Waals surface area (Å²) in [6, 6.07) is 22.6. The summed E-state index contributed by atoms with van der Waals surface area (Å²) < 4.78 is 0. The van der Waals surface area contributed by atoms with Crippen LogP contribution in [-0.2, 0) is 0 Å². The molecular formula is C19H23N. The zero-order valence-corrected chi connectivity index (χ0v) is 12.3. The van der Waals surface area contributed by atoms with Crippen LogP contribution in [0.5, 0.6) is 0 Å². The maximum absolute atomic E-state index is 3.88. The molecule has 0 amide bonds. The van der Waals surface area contributed by atoms with Crippen molar-refractivity contribution in [2.24, 2.45) is 5.41 Å². The molecule has 1 aliphatic rings. The molecule has 2 aromatic rings. The summed E-state index contributed by atoms with van der Waals surface area (Å²) in [6.45, 7) is 4.75. The van der Waals surface area contributed by atoms with Gasteiger partial charge in [-0.25, -0.2) is 0 Å². The van der Waals surface area contributed by atoms with E-state index < -0.39 is 0 Å². The molecule has 1 heterocycles. The van der Waals surface area contributed by atoms with Gasteiger partial charge in [0.15, 0.2) is 0 Å². The minimum atomic E-state index is 0.298. The van der Waals surface area contributed by atoms with Crippen LogP contribution in [0.1, 0.15) is 49.9 Å². The van der Waals surface area contributed by atoms with Crippen LogP contribution in [0.4, 0.5) is 0 Å². The molecule has 2 atom stereocenters. The van der Waals surface area contributed by atoms with Crippen LogP contribution in [0.25, 0.3) is 0 Å². The first kappa shape index (κ1) is 13.4. The molecule has 3 rings (SSSR count). The van der Waals surface area contributed by atoms with Crippen molar-refractivity contribution in [3.8, 4) is 0 Å². The largest absolute Gasteiger partial charge is 0.303 e. The van der Waals surface area contributed by atoms with Crippen LogP contribution in [0.3, 0.4) is 0 Å². The highest BCUT2D eigenvalue weighted by molar-refractivity contribution is 5.25. The molecule has 0 radical (unpaired) electrons. The van der Waals surface area contributed by atoms with Gasteiger partial charge in [0.2, 0.25) is 0 Å². The summed E-state index contributed by atoms with van der Waals surface area (Å²) in [5.74, 6) is 0. The fourth-order valence-electron chi connectivity index (χ4n) is 3.31. The number of nitrogens with one attached hydrogen (secondary N) is 1. The van der Waals surface area contributed by atoms with Crippen LogP contribution in [0.15, 0.2) is 60.7 Å². The van der Waals surface area contributed by atoms with Crippen LogP contribution in [-0.4, -0.2) is 0 Å². The number of hydrogen-bond acceptors (Lipinski definition) is 1. The van der Waals surface area contributed by atoms with Gasteiger partial charge in [-0.2, -0.15) is 0 Å². The van der Waals surface area contributed by atoms with Crippen molar-refractivity contribution in [3.63, 3.8) is 0 Å². The van der Waals surface area contributed by atoms with Gasteiger partial charge in [-0.05, 0) is 29.4 Å². The zero-order valence-electron chi connectivity index (χ0n) is 12.3. The summed E-state index contributed by atoms with van der Waals surface area (Å²) in [6.07, 6.45) is 2.46. The molecule has 0 aliphatic carbocycles. The number of rotatable bonds is 2. The van der Waals surface area contributed by atoms with Crippen LogP contribution in [0.2, 0.25) is 0 Å². The van der Waals surface area contributed by atoms with Crippen molar-refractivity contribution in [1.82, 2.24) is 5.32 Å². The first-order valence-electron chi connectivity index (χ1n) is 7.53. The second-order valence-electron chi connectivity index (χ2n) is 6.50. The van der Waals surface area contributed by atoms with Crippen molar-refractivity contribution >= 4 is 0 Å². The van der Waals surface area contributed by atoms with Gasteiger partial charge in [0.05, 0.1) is 0 Å². The first-order chi connectivity index (χ1) is 9.67. The molecule has 20 heavy (non-hydrogen) atoms. The van der Waals surface area contributed by atoms with Crippen molar-refractivity contribution in [2.45, 2.75) is 38.8 Å². The quantitative estimate of drug-likeness (QED) is 0.816. The molecule has 1 N–H and O–H groups in total. The van der Waals surface area contributed by atoms with Crippen LogP contribution in [0, 0.1) is 5.41 Å². The maximum atomic E-state index is 3.88. The Morgan fingerprint density at radius 1 is 0.850 bits per heavy atom. The number of piperidine rings is 1. The van der Waals surface area contributed by atoms with Gasteiger partial charge in [0.25, 0.3) is 0 Å². The van der Waals surface area contributed by atoms with E-state index in [1.165, 1.54) is 24.0 Å². The second-order valence-corrected chi connectivity index (χ2v) is 6.50. The summed E-state index contributed by atoms with van der Waals surface area (Å²) in [7, 11) is 0. The molecule has 1 fully saturated rings. The normalized spacial score (nSPS) is 25.3. The predicted molar refractivity (Wildman–Crippen MR) is 84.5 cm³/mol. The Bertz CT molecular complexity index is 544. The van der Waals surface area contributed by atoms with Gasteiger partial charge in [-0.1, -0.05) is 74.5 Å². The fraction of sp³-hybridized carbons (Fsp3) is 0.368. The standard InChI is InChI=1S/C19H23N/c1-19(2)14-13-17(15-9-5-3-6-10-15)20-18(19)16-11-7-4-8-12-16/h3-12,17-18,20H,13-14H2,1-2H3. The Morgan fingerprint density at radius 3 is 2.00 bits per heavy atom. The lowest BCUT2D eigenvalue weighted by Gasteiger charge is -2.44. The molecule has 0 bridgehead atoms. The van der Waals surface area contributed by atoms with E-state index in [1.807, 2.05) is 0 Å². The van der Waals surface area contributed by atoms with Crippen LogP contribution >= 0.6 is 0 Å². The highest BCUT2D eigenvalue weighted by atomic mass is 15.0. The lowest BCUT2D eigenvalue weighted by atomic mass is 9.72. The van der Waals surface area contributed by atoms with Gasteiger partial charge < -0.3 is 5.32 Å². The maximum Gasteiger partial charge on any atom is 0.0377 e. The van der Waals surface area contributed by atoms with E-state index in [0.29, 0.717) is 17.5 Å². The van der Waals surface area contributed by atoms with E-state index in [0.717, 1.165) is 0 Å². The van der Waals surface area contributed by atoms with E-state index in [1.54, 1.807) is 0 Å².